The third-order valence-electron chi connectivity index (χ3n) is 4.26. The van der Waals surface area contributed by atoms with Gasteiger partial charge >= 0.3 is 0 Å². The van der Waals surface area contributed by atoms with Gasteiger partial charge in [-0.1, -0.05) is 37.2 Å². The minimum atomic E-state index is -0.864. The third kappa shape index (κ3) is 3.27. The number of H-pyrrole nitrogens is 1. The number of aromatic nitrogens is 3. The number of nitrogens with two attached hydrogens (primary N) is 1. The molecule has 0 aliphatic heterocycles. The molecule has 148 valence electrons. The topological polar surface area (TPSA) is 93.8 Å². The van der Waals surface area contributed by atoms with Crippen molar-refractivity contribution in [2.45, 2.75) is 7.43 Å². The average molecular weight is 417 g/mol. The fourth-order valence-electron chi connectivity index (χ4n) is 2.97. The number of para-hydroxylation sites is 1. The van der Waals surface area contributed by atoms with Crippen LogP contribution < -0.4 is 11.3 Å². The van der Waals surface area contributed by atoms with E-state index >= 15 is 0 Å². The minimum absolute atomic E-state index is 0. The van der Waals surface area contributed by atoms with Crippen LogP contribution in [0.3, 0.4) is 0 Å². The fraction of sp³-hybridized carbons (Fsp3) is 0.0500. The summed E-state index contributed by atoms with van der Waals surface area (Å²) in [5.41, 5.74) is 5.16. The third-order valence-corrected chi connectivity index (χ3v) is 4.55. The van der Waals surface area contributed by atoms with Crippen molar-refractivity contribution in [2.75, 3.05) is 0 Å². The van der Waals surface area contributed by atoms with Crippen LogP contribution in [0.4, 0.5) is 8.78 Å². The van der Waals surface area contributed by atoms with Crippen LogP contribution in [-0.4, -0.2) is 20.7 Å². The Morgan fingerprint density at radius 1 is 1.10 bits per heavy atom. The molecule has 0 radical (unpaired) electrons. The molecule has 0 fully saturated rings. The van der Waals surface area contributed by atoms with Crippen molar-refractivity contribution in [3.63, 3.8) is 0 Å². The van der Waals surface area contributed by atoms with Crippen molar-refractivity contribution < 1.29 is 13.6 Å². The Bertz CT molecular complexity index is 1280. The smallest absolute Gasteiger partial charge is 0.259 e. The first-order valence-electron chi connectivity index (χ1n) is 8.03. The molecule has 9 heteroatoms. The lowest BCUT2D eigenvalue weighted by Gasteiger charge is -2.07. The zero-order valence-corrected chi connectivity index (χ0v) is 14.8. The van der Waals surface area contributed by atoms with Crippen LogP contribution in [0.15, 0.2) is 53.5 Å². The largest absolute Gasteiger partial charge is 0.366 e. The highest BCUT2D eigenvalue weighted by atomic mass is 35.5. The molecule has 0 aliphatic carbocycles. The predicted molar refractivity (Wildman–Crippen MR) is 107 cm³/mol. The number of primary amides is 1. The molecular formula is C20H15ClF2N4O2. The molecule has 0 unspecified atom stereocenters. The van der Waals surface area contributed by atoms with Crippen molar-refractivity contribution in [3.05, 3.63) is 81.2 Å². The number of amides is 1. The molecule has 3 N–H and O–H groups in total. The number of fused-ring (bicyclic) bond motifs is 1. The number of hydrogen-bond donors (Lipinski definition) is 2. The first-order chi connectivity index (χ1) is 13.4. The van der Waals surface area contributed by atoms with Crippen LogP contribution in [-0.2, 0) is 0 Å². The van der Waals surface area contributed by atoms with E-state index in [1.807, 2.05) is 0 Å². The Morgan fingerprint density at radius 2 is 1.72 bits per heavy atom. The molecule has 0 bridgehead atoms. The number of nitrogens with zero attached hydrogens (tertiary/aromatic N) is 2. The van der Waals surface area contributed by atoms with Crippen LogP contribution in [0.5, 0.6) is 0 Å². The summed E-state index contributed by atoms with van der Waals surface area (Å²) < 4.78 is 29.7. The highest BCUT2D eigenvalue weighted by Crippen LogP contribution is 2.32. The summed E-state index contributed by atoms with van der Waals surface area (Å²) in [6.07, 6.45) is 1.23. The van der Waals surface area contributed by atoms with Crippen LogP contribution >= 0.6 is 11.6 Å². The molecule has 0 aliphatic rings. The van der Waals surface area contributed by atoms with E-state index in [9.17, 15) is 18.4 Å². The standard InChI is InChI=1S/C19H11ClF2N4O2.CH4/c20-11-8-24-19(28)14-15(9-4-6-10(7-5-9)18(23)27)25-26(16(11)14)17-12(21)2-1-3-13(17)22;/h1-8H,(H2,23,27)(H,24,28);1H4. The lowest BCUT2D eigenvalue weighted by Crippen LogP contribution is -2.10. The maximum absolute atomic E-state index is 14.4. The molecule has 0 saturated heterocycles. The molecule has 2 heterocycles. The Morgan fingerprint density at radius 3 is 2.31 bits per heavy atom. The SMILES string of the molecule is C.NC(=O)c1ccc(-c2nn(-c3c(F)cccc3F)c3c(Cl)c[nH]c(=O)c23)cc1. The zero-order valence-electron chi connectivity index (χ0n) is 14.0. The molecule has 0 atom stereocenters. The summed E-state index contributed by atoms with van der Waals surface area (Å²) in [6, 6.07) is 9.37. The van der Waals surface area contributed by atoms with Gasteiger partial charge in [0.1, 0.15) is 16.9 Å². The quantitative estimate of drug-likeness (QED) is 0.527. The molecule has 2 aromatic carbocycles. The van der Waals surface area contributed by atoms with E-state index in [1.54, 1.807) is 0 Å². The lowest BCUT2D eigenvalue weighted by molar-refractivity contribution is 0.100. The van der Waals surface area contributed by atoms with Crippen LogP contribution in [0.1, 0.15) is 17.8 Å². The number of aromatic amines is 1. The van der Waals surface area contributed by atoms with E-state index in [0.29, 0.717) is 5.56 Å². The molecule has 6 nitrogen and oxygen atoms in total. The normalized spacial score (nSPS) is 10.7. The summed E-state index contributed by atoms with van der Waals surface area (Å²) in [4.78, 5) is 26.2. The van der Waals surface area contributed by atoms with Gasteiger partial charge in [-0.25, -0.2) is 13.5 Å². The summed E-state index contributed by atoms with van der Waals surface area (Å²) in [7, 11) is 0. The Kier molecular flexibility index (Phi) is 5.21. The number of carbonyl (C=O) groups is 1. The summed E-state index contributed by atoms with van der Waals surface area (Å²) in [6.45, 7) is 0. The summed E-state index contributed by atoms with van der Waals surface area (Å²) >= 11 is 6.22. The number of halogens is 3. The van der Waals surface area contributed by atoms with Gasteiger partial charge in [0.15, 0.2) is 11.6 Å². The van der Waals surface area contributed by atoms with Crippen molar-refractivity contribution in [1.29, 1.82) is 0 Å². The van der Waals surface area contributed by atoms with Gasteiger partial charge < -0.3 is 10.7 Å². The number of hydrogen-bond acceptors (Lipinski definition) is 3. The van der Waals surface area contributed by atoms with Crippen molar-refractivity contribution in [1.82, 2.24) is 14.8 Å². The second-order valence-corrected chi connectivity index (χ2v) is 6.37. The predicted octanol–water partition coefficient (Wildman–Crippen LogP) is 4.05. The van der Waals surface area contributed by atoms with Crippen LogP contribution in [0.2, 0.25) is 5.02 Å². The highest BCUT2D eigenvalue weighted by Gasteiger charge is 2.23. The molecule has 29 heavy (non-hydrogen) atoms. The number of carbonyl (C=O) groups excluding carboxylic acids is 1. The second kappa shape index (κ2) is 7.48. The number of benzene rings is 2. The van der Waals surface area contributed by atoms with E-state index in [4.69, 9.17) is 17.3 Å². The Labute approximate surface area is 168 Å². The number of nitrogens with one attached hydrogen (secondary N) is 1. The molecule has 4 aromatic rings. The molecule has 2 aromatic heterocycles. The van der Waals surface area contributed by atoms with Gasteiger partial charge in [-0.05, 0) is 24.3 Å². The number of rotatable bonds is 3. The summed E-state index contributed by atoms with van der Waals surface area (Å²) in [5.74, 6) is -2.34. The Hall–Kier alpha value is -3.52. The second-order valence-electron chi connectivity index (χ2n) is 5.96. The van der Waals surface area contributed by atoms with Gasteiger partial charge in [0.05, 0.1) is 10.4 Å². The van der Waals surface area contributed by atoms with Gasteiger partial charge in [-0.3, -0.25) is 9.59 Å². The van der Waals surface area contributed by atoms with Crippen LogP contribution in [0.25, 0.3) is 27.8 Å². The fourth-order valence-corrected chi connectivity index (χ4v) is 3.20. The average Bonchev–Trinajstić information content (AvgIpc) is 3.06. The van der Waals surface area contributed by atoms with Gasteiger partial charge in [0, 0.05) is 17.3 Å². The molecule has 0 saturated carbocycles. The lowest BCUT2D eigenvalue weighted by atomic mass is 10.1. The Balaban J connectivity index is 0.00000240. The monoisotopic (exact) mass is 416 g/mol. The van der Waals surface area contributed by atoms with E-state index in [1.165, 1.54) is 36.5 Å². The zero-order chi connectivity index (χ0) is 20.0. The van der Waals surface area contributed by atoms with Gasteiger partial charge in [-0.15, -0.1) is 0 Å². The maximum atomic E-state index is 14.4. The van der Waals surface area contributed by atoms with Crippen molar-refractivity contribution in [2.24, 2.45) is 5.73 Å². The molecule has 1 amide bonds. The van der Waals surface area contributed by atoms with Crippen molar-refractivity contribution >= 4 is 28.4 Å². The van der Waals surface area contributed by atoms with Gasteiger partial charge in [0.25, 0.3) is 5.56 Å². The molecule has 0 spiro atoms. The van der Waals surface area contributed by atoms with E-state index in [2.05, 4.69) is 10.1 Å². The van der Waals surface area contributed by atoms with E-state index in [-0.39, 0.29) is 34.6 Å². The first kappa shape index (κ1) is 20.2. The van der Waals surface area contributed by atoms with E-state index < -0.39 is 28.8 Å². The van der Waals surface area contributed by atoms with Crippen molar-refractivity contribution in [3.8, 4) is 16.9 Å². The van der Waals surface area contributed by atoms with Gasteiger partial charge in [-0.2, -0.15) is 5.10 Å². The number of pyridine rings is 1. The molecule has 4 rings (SSSR count). The van der Waals surface area contributed by atoms with Gasteiger partial charge in [0.2, 0.25) is 5.91 Å². The molecular weight excluding hydrogens is 402 g/mol. The van der Waals surface area contributed by atoms with Crippen LogP contribution in [0, 0.1) is 11.6 Å². The highest BCUT2D eigenvalue weighted by molar-refractivity contribution is 6.35. The first-order valence-corrected chi connectivity index (χ1v) is 8.41. The maximum Gasteiger partial charge on any atom is 0.259 e. The summed E-state index contributed by atoms with van der Waals surface area (Å²) in [5, 5.41) is 4.38. The minimum Gasteiger partial charge on any atom is -0.366 e. The van der Waals surface area contributed by atoms with E-state index in [0.717, 1.165) is 16.8 Å².